The highest BCUT2D eigenvalue weighted by Gasteiger charge is 2.23. The Kier molecular flexibility index (Phi) is 6.28. The summed E-state index contributed by atoms with van der Waals surface area (Å²) in [6.45, 7) is 5.97. The lowest BCUT2D eigenvalue weighted by molar-refractivity contribution is 0.0454. The van der Waals surface area contributed by atoms with Crippen molar-refractivity contribution in [3.63, 3.8) is 0 Å². The summed E-state index contributed by atoms with van der Waals surface area (Å²) in [6, 6.07) is 2.57. The van der Waals surface area contributed by atoms with E-state index < -0.39 is 18.0 Å². The molecule has 1 aromatic rings. The van der Waals surface area contributed by atoms with Crippen LogP contribution in [0.5, 0.6) is 5.75 Å². The van der Waals surface area contributed by atoms with Crippen LogP contribution in [0, 0.1) is 11.2 Å². The van der Waals surface area contributed by atoms with Crippen LogP contribution in [0.4, 0.5) is 9.18 Å². The van der Waals surface area contributed by atoms with Crippen LogP contribution in [0.25, 0.3) is 0 Å². The van der Waals surface area contributed by atoms with Crippen LogP contribution in [0.2, 0.25) is 5.02 Å². The first-order chi connectivity index (χ1) is 9.58. The Morgan fingerprint density at radius 2 is 2.10 bits per heavy atom. The quantitative estimate of drug-likeness (QED) is 0.762. The number of amides is 1. The molecule has 4 nitrogen and oxygen atoms in total. The maximum atomic E-state index is 13.7. The zero-order valence-corrected chi connectivity index (χ0v) is 14.4. The number of benzene rings is 1. The fourth-order valence-corrected chi connectivity index (χ4v) is 2.25. The third-order valence-corrected chi connectivity index (χ3v) is 3.72. The van der Waals surface area contributed by atoms with Crippen molar-refractivity contribution in [2.45, 2.75) is 33.3 Å². The van der Waals surface area contributed by atoms with Crippen molar-refractivity contribution >= 4 is 33.6 Å². The maximum Gasteiger partial charge on any atom is 0.404 e. The first kappa shape index (κ1) is 18.0. The second-order valence-corrected chi connectivity index (χ2v) is 7.09. The highest BCUT2D eigenvalue weighted by atomic mass is 79.9. The van der Waals surface area contributed by atoms with Gasteiger partial charge >= 0.3 is 6.09 Å². The highest BCUT2D eigenvalue weighted by molar-refractivity contribution is 9.10. The fraction of sp³-hybridized carbons (Fsp3) is 0.500. The maximum absolute atomic E-state index is 13.7. The molecule has 1 unspecified atom stereocenters. The molecule has 1 aromatic carbocycles. The van der Waals surface area contributed by atoms with E-state index in [0.717, 1.165) is 6.07 Å². The van der Waals surface area contributed by atoms with Gasteiger partial charge < -0.3 is 15.2 Å². The molecule has 1 rings (SSSR count). The third kappa shape index (κ3) is 6.52. The van der Waals surface area contributed by atoms with Gasteiger partial charge in [0.05, 0.1) is 5.02 Å². The van der Waals surface area contributed by atoms with Crippen LogP contribution in [0.3, 0.4) is 0 Å². The van der Waals surface area contributed by atoms with Gasteiger partial charge in [0.15, 0.2) is 11.6 Å². The van der Waals surface area contributed by atoms with E-state index in [1.807, 2.05) is 20.8 Å². The van der Waals surface area contributed by atoms with Gasteiger partial charge in [0.1, 0.15) is 12.7 Å². The molecule has 0 bridgehead atoms. The predicted octanol–water partition coefficient (Wildman–Crippen LogP) is 4.52. The van der Waals surface area contributed by atoms with Gasteiger partial charge in [-0.15, -0.1) is 0 Å². The van der Waals surface area contributed by atoms with E-state index >= 15 is 0 Å². The average Bonchev–Trinajstić information content (AvgIpc) is 2.29. The van der Waals surface area contributed by atoms with E-state index in [2.05, 4.69) is 15.9 Å². The standard InChI is InChI=1S/C14H18BrClFNO3/c1-14(2,3)6-8(21-13(18)19)7-20-12-4-9(15)10(16)5-11(12)17/h4-5,8H,6-7H2,1-3H3,(H2,18,19). The molecule has 0 fully saturated rings. The Bertz CT molecular complexity index is 520. The fourth-order valence-electron chi connectivity index (χ4n) is 1.78. The Hall–Kier alpha value is -1.01. The SMILES string of the molecule is CC(C)(C)CC(COc1cc(Br)c(Cl)cc1F)OC(N)=O. The molecule has 0 saturated carbocycles. The van der Waals surface area contributed by atoms with E-state index in [9.17, 15) is 9.18 Å². The minimum absolute atomic E-state index is 0.00516. The summed E-state index contributed by atoms with van der Waals surface area (Å²) in [6.07, 6.45) is -0.909. The number of ether oxygens (including phenoxy) is 2. The summed E-state index contributed by atoms with van der Waals surface area (Å²) in [7, 11) is 0. The Morgan fingerprint density at radius 1 is 1.48 bits per heavy atom. The van der Waals surface area contributed by atoms with Gasteiger partial charge in [-0.2, -0.15) is 0 Å². The summed E-state index contributed by atoms with van der Waals surface area (Å²) in [5, 5.41) is 0.250. The molecule has 0 aliphatic rings. The normalized spacial score (nSPS) is 12.9. The van der Waals surface area contributed by atoms with Crippen molar-refractivity contribution < 1.29 is 18.7 Å². The zero-order valence-electron chi connectivity index (χ0n) is 12.1. The first-order valence-electron chi connectivity index (χ1n) is 6.32. The number of hydrogen-bond donors (Lipinski definition) is 1. The number of halogens is 3. The van der Waals surface area contributed by atoms with Crippen molar-refractivity contribution in [1.29, 1.82) is 0 Å². The summed E-state index contributed by atoms with van der Waals surface area (Å²) >= 11 is 8.97. The smallest absolute Gasteiger partial charge is 0.404 e. The highest BCUT2D eigenvalue weighted by Crippen LogP contribution is 2.30. The summed E-state index contributed by atoms with van der Waals surface area (Å²) < 4.78 is 24.6. The summed E-state index contributed by atoms with van der Waals surface area (Å²) in [5.74, 6) is -0.560. The van der Waals surface area contributed by atoms with Crippen LogP contribution in [-0.2, 0) is 4.74 Å². The van der Waals surface area contributed by atoms with Gasteiger partial charge in [0, 0.05) is 4.47 Å². The van der Waals surface area contributed by atoms with Crippen molar-refractivity contribution in [2.24, 2.45) is 11.1 Å². The van der Waals surface area contributed by atoms with Crippen LogP contribution < -0.4 is 10.5 Å². The van der Waals surface area contributed by atoms with E-state index in [1.165, 1.54) is 6.07 Å². The minimum atomic E-state index is -0.884. The van der Waals surface area contributed by atoms with Crippen LogP contribution in [0.15, 0.2) is 16.6 Å². The monoisotopic (exact) mass is 381 g/mol. The first-order valence-corrected chi connectivity index (χ1v) is 7.49. The van der Waals surface area contributed by atoms with E-state index in [-0.39, 0.29) is 22.8 Å². The van der Waals surface area contributed by atoms with Crippen molar-refractivity contribution in [1.82, 2.24) is 0 Å². The third-order valence-electron chi connectivity index (χ3n) is 2.52. The molecule has 0 heterocycles. The lowest BCUT2D eigenvalue weighted by Crippen LogP contribution is -2.31. The Morgan fingerprint density at radius 3 is 2.62 bits per heavy atom. The topological polar surface area (TPSA) is 61.6 Å². The van der Waals surface area contributed by atoms with Gasteiger partial charge in [0.25, 0.3) is 0 Å². The number of nitrogens with two attached hydrogens (primary N) is 1. The zero-order chi connectivity index (χ0) is 16.2. The molecule has 0 spiro atoms. The molecule has 2 N–H and O–H groups in total. The van der Waals surface area contributed by atoms with Crippen LogP contribution in [0.1, 0.15) is 27.2 Å². The van der Waals surface area contributed by atoms with Crippen LogP contribution >= 0.6 is 27.5 Å². The molecule has 1 atom stereocenters. The van der Waals surface area contributed by atoms with E-state index in [4.69, 9.17) is 26.8 Å². The van der Waals surface area contributed by atoms with Crippen molar-refractivity contribution in [2.75, 3.05) is 6.61 Å². The lowest BCUT2D eigenvalue weighted by Gasteiger charge is -2.25. The number of carbonyl (C=O) groups excluding carboxylic acids is 1. The molecule has 0 saturated heterocycles. The molecule has 0 aliphatic heterocycles. The molecule has 1 amide bonds. The van der Waals surface area contributed by atoms with E-state index in [0.29, 0.717) is 10.9 Å². The molecule has 7 heteroatoms. The summed E-state index contributed by atoms with van der Waals surface area (Å²) in [4.78, 5) is 10.9. The second kappa shape index (κ2) is 7.31. The number of primary amides is 1. The van der Waals surface area contributed by atoms with Gasteiger partial charge in [-0.05, 0) is 39.9 Å². The van der Waals surface area contributed by atoms with Crippen molar-refractivity contribution in [3.8, 4) is 5.75 Å². The molecule has 21 heavy (non-hydrogen) atoms. The number of carbonyl (C=O) groups is 1. The molecule has 0 aromatic heterocycles. The second-order valence-electron chi connectivity index (χ2n) is 5.83. The number of rotatable bonds is 5. The van der Waals surface area contributed by atoms with Crippen LogP contribution in [-0.4, -0.2) is 18.8 Å². The van der Waals surface area contributed by atoms with Crippen molar-refractivity contribution in [3.05, 3.63) is 27.4 Å². The molecule has 118 valence electrons. The Labute approximate surface area is 136 Å². The summed E-state index contributed by atoms with van der Waals surface area (Å²) in [5.41, 5.74) is 4.94. The molecule has 0 radical (unpaired) electrons. The van der Waals surface area contributed by atoms with Gasteiger partial charge in [0.2, 0.25) is 0 Å². The van der Waals surface area contributed by atoms with E-state index in [1.54, 1.807) is 0 Å². The average molecular weight is 383 g/mol. The largest absolute Gasteiger partial charge is 0.487 e. The number of hydrogen-bond acceptors (Lipinski definition) is 3. The van der Waals surface area contributed by atoms with Gasteiger partial charge in [-0.1, -0.05) is 32.4 Å². The minimum Gasteiger partial charge on any atom is -0.487 e. The predicted molar refractivity (Wildman–Crippen MR) is 83.1 cm³/mol. The van der Waals surface area contributed by atoms with Gasteiger partial charge in [-0.3, -0.25) is 0 Å². The lowest BCUT2D eigenvalue weighted by atomic mass is 9.89. The van der Waals surface area contributed by atoms with Gasteiger partial charge in [-0.25, -0.2) is 9.18 Å². The molecular formula is C14H18BrClFNO3. The Balaban J connectivity index is 2.76. The molecular weight excluding hydrogens is 365 g/mol. The molecule has 0 aliphatic carbocycles.